The van der Waals surface area contributed by atoms with E-state index in [4.69, 9.17) is 15.3 Å². The minimum atomic E-state index is -0.966. The second-order valence-electron chi connectivity index (χ2n) is 8.53. The number of allylic oxidation sites excluding steroid dienone is 1. The minimum absolute atomic E-state index is 0.0862. The zero-order valence-electron chi connectivity index (χ0n) is 19.4. The number of carboxylic acid groups (broad SMARTS) is 3. The molecule has 0 aromatic carbocycles. The first-order valence-electron chi connectivity index (χ1n) is 12.0. The van der Waals surface area contributed by atoms with E-state index in [-0.39, 0.29) is 43.4 Å². The molecule has 0 bridgehead atoms. The number of hydrogen-bond acceptors (Lipinski definition) is 3. The molecule has 0 unspecified atom stereocenters. The molecule has 0 atom stereocenters. The number of quaternary nitrogens is 1. The second-order valence-corrected chi connectivity index (χ2v) is 8.53. The summed E-state index contributed by atoms with van der Waals surface area (Å²) in [5.74, 6) is -2.90. The molecular formula is C24H44NO6+. The number of rotatable bonds is 22. The predicted molar refractivity (Wildman–Crippen MR) is 122 cm³/mol. The van der Waals surface area contributed by atoms with Gasteiger partial charge in [0.05, 0.1) is 45.1 Å². The Hall–Kier alpha value is -1.89. The van der Waals surface area contributed by atoms with Crippen LogP contribution in [0.15, 0.2) is 12.3 Å². The van der Waals surface area contributed by atoms with Crippen LogP contribution in [0.25, 0.3) is 0 Å². The fourth-order valence-electron chi connectivity index (χ4n) is 3.74. The lowest BCUT2D eigenvalue weighted by Crippen LogP contribution is -2.47. The van der Waals surface area contributed by atoms with Crippen molar-refractivity contribution in [3.63, 3.8) is 0 Å². The first-order chi connectivity index (χ1) is 14.8. The van der Waals surface area contributed by atoms with Crippen molar-refractivity contribution in [1.29, 1.82) is 0 Å². The van der Waals surface area contributed by atoms with Crippen LogP contribution in [0.5, 0.6) is 0 Å². The van der Waals surface area contributed by atoms with Gasteiger partial charge in [0.1, 0.15) is 0 Å². The highest BCUT2D eigenvalue weighted by molar-refractivity contribution is 5.67. The summed E-state index contributed by atoms with van der Waals surface area (Å²) in [6.45, 7) is 2.83. The number of aliphatic carboxylic acids is 3. The maximum Gasteiger partial charge on any atom is 0.309 e. The van der Waals surface area contributed by atoms with E-state index in [1.165, 1.54) is 57.8 Å². The molecule has 0 saturated heterocycles. The van der Waals surface area contributed by atoms with Crippen LogP contribution in [0.1, 0.15) is 103 Å². The van der Waals surface area contributed by atoms with Crippen LogP contribution in [-0.2, 0) is 14.4 Å². The molecule has 0 radical (unpaired) electrons. The molecule has 0 aromatic heterocycles. The van der Waals surface area contributed by atoms with Crippen molar-refractivity contribution in [2.45, 2.75) is 103 Å². The molecule has 0 amide bonds. The van der Waals surface area contributed by atoms with Gasteiger partial charge in [0.25, 0.3) is 0 Å². The van der Waals surface area contributed by atoms with Crippen LogP contribution in [0.3, 0.4) is 0 Å². The van der Waals surface area contributed by atoms with Crippen molar-refractivity contribution in [3.8, 4) is 0 Å². The molecule has 7 nitrogen and oxygen atoms in total. The average Bonchev–Trinajstić information content (AvgIpc) is 2.72. The maximum atomic E-state index is 11.0. The van der Waals surface area contributed by atoms with Crippen molar-refractivity contribution in [3.05, 3.63) is 12.3 Å². The third-order valence-electron chi connectivity index (χ3n) is 5.71. The normalized spacial score (nSPS) is 11.8. The van der Waals surface area contributed by atoms with E-state index in [0.29, 0.717) is 0 Å². The van der Waals surface area contributed by atoms with Gasteiger partial charge in [0, 0.05) is 0 Å². The molecular weight excluding hydrogens is 398 g/mol. The topological polar surface area (TPSA) is 112 Å². The fourth-order valence-corrected chi connectivity index (χ4v) is 3.74. The molecule has 180 valence electrons. The van der Waals surface area contributed by atoms with E-state index in [0.717, 1.165) is 19.3 Å². The van der Waals surface area contributed by atoms with Crippen LogP contribution in [0, 0.1) is 0 Å². The zero-order valence-corrected chi connectivity index (χ0v) is 19.4. The summed E-state index contributed by atoms with van der Waals surface area (Å²) in [6, 6.07) is 0. The number of carbonyl (C=O) groups is 3. The van der Waals surface area contributed by atoms with E-state index >= 15 is 0 Å². The number of carboxylic acids is 3. The van der Waals surface area contributed by atoms with Crippen LogP contribution >= 0.6 is 0 Å². The van der Waals surface area contributed by atoms with Gasteiger partial charge in [-0.25, -0.2) is 0 Å². The van der Waals surface area contributed by atoms with Gasteiger partial charge >= 0.3 is 17.9 Å². The summed E-state index contributed by atoms with van der Waals surface area (Å²) in [4.78, 5) is 33.1. The van der Waals surface area contributed by atoms with Crippen molar-refractivity contribution >= 4 is 17.9 Å². The van der Waals surface area contributed by atoms with Gasteiger partial charge in [-0.15, -0.1) is 0 Å². The van der Waals surface area contributed by atoms with Gasteiger partial charge in [-0.3, -0.25) is 18.9 Å². The summed E-state index contributed by atoms with van der Waals surface area (Å²) < 4.78 is 0.0862. The summed E-state index contributed by atoms with van der Waals surface area (Å²) in [7, 11) is 0. The Morgan fingerprint density at radius 2 is 0.968 bits per heavy atom. The molecule has 3 N–H and O–H groups in total. The Kier molecular flexibility index (Phi) is 17.7. The zero-order chi connectivity index (χ0) is 23.4. The van der Waals surface area contributed by atoms with Crippen LogP contribution < -0.4 is 0 Å². The van der Waals surface area contributed by atoms with E-state index in [9.17, 15) is 14.4 Å². The van der Waals surface area contributed by atoms with Crippen molar-refractivity contribution in [2.75, 3.05) is 19.6 Å². The summed E-state index contributed by atoms with van der Waals surface area (Å²) >= 11 is 0. The SMILES string of the molecule is CCCCCCCCCCCCC/C=C/[N+](CCC(=O)O)(CCC(=O)O)CCC(=O)O. The second kappa shape index (κ2) is 18.8. The Morgan fingerprint density at radius 1 is 0.613 bits per heavy atom. The minimum Gasteiger partial charge on any atom is -0.481 e. The number of unbranched alkanes of at least 4 members (excludes halogenated alkanes) is 11. The van der Waals surface area contributed by atoms with E-state index in [1.54, 1.807) is 0 Å². The van der Waals surface area contributed by atoms with Gasteiger partial charge in [-0.05, 0) is 18.9 Å². The quantitative estimate of drug-likeness (QED) is 0.152. The first kappa shape index (κ1) is 29.1. The largest absolute Gasteiger partial charge is 0.481 e. The van der Waals surface area contributed by atoms with Gasteiger partial charge < -0.3 is 15.3 Å². The smallest absolute Gasteiger partial charge is 0.309 e. The van der Waals surface area contributed by atoms with Crippen LogP contribution in [0.2, 0.25) is 0 Å². The molecule has 0 spiro atoms. The van der Waals surface area contributed by atoms with Crippen molar-refractivity contribution in [2.24, 2.45) is 0 Å². The highest BCUT2D eigenvalue weighted by Gasteiger charge is 2.27. The van der Waals surface area contributed by atoms with E-state index < -0.39 is 17.9 Å². The van der Waals surface area contributed by atoms with Gasteiger partial charge in [-0.1, -0.05) is 71.1 Å². The Bertz CT molecular complexity index is 487. The van der Waals surface area contributed by atoms with Crippen molar-refractivity contribution in [1.82, 2.24) is 0 Å². The summed E-state index contributed by atoms with van der Waals surface area (Å²) in [6.07, 6.45) is 18.2. The molecule has 0 fully saturated rings. The molecule has 31 heavy (non-hydrogen) atoms. The Labute approximate surface area is 187 Å². The average molecular weight is 443 g/mol. The molecule has 0 rings (SSSR count). The van der Waals surface area contributed by atoms with E-state index in [1.807, 2.05) is 12.3 Å². The van der Waals surface area contributed by atoms with Crippen LogP contribution in [-0.4, -0.2) is 57.3 Å². The summed E-state index contributed by atoms with van der Waals surface area (Å²) in [5, 5.41) is 27.1. The van der Waals surface area contributed by atoms with Gasteiger partial charge in [0.15, 0.2) is 0 Å². The molecule has 0 aromatic rings. The van der Waals surface area contributed by atoms with E-state index in [2.05, 4.69) is 6.92 Å². The Morgan fingerprint density at radius 3 is 1.32 bits per heavy atom. The molecule has 0 aliphatic carbocycles. The predicted octanol–water partition coefficient (Wildman–Crippen LogP) is 5.44. The van der Waals surface area contributed by atoms with Gasteiger partial charge in [0.2, 0.25) is 0 Å². The third-order valence-corrected chi connectivity index (χ3v) is 5.71. The summed E-state index contributed by atoms with van der Waals surface area (Å²) in [5.41, 5.74) is 0. The number of nitrogens with zero attached hydrogens (tertiary/aromatic N) is 1. The van der Waals surface area contributed by atoms with Gasteiger partial charge in [-0.2, -0.15) is 0 Å². The maximum absolute atomic E-state index is 11.0. The standard InChI is InChI=1S/C24H43NO6/c1-2-3-4-5-6-7-8-9-10-11-12-13-14-18-25(19-15-22(26)27,20-16-23(28)29)21-17-24(30)31/h14,18H,2-13,15-17,19-21H2,1H3,(H2-,26,27,28,29,30,31)/p+1/b18-14+. The fraction of sp³-hybridized carbons (Fsp3) is 0.792. The third kappa shape index (κ3) is 18.6. The number of hydrogen-bond donors (Lipinski definition) is 3. The lowest BCUT2D eigenvalue weighted by molar-refractivity contribution is -0.878. The van der Waals surface area contributed by atoms with Crippen molar-refractivity contribution < 1.29 is 34.2 Å². The lowest BCUT2D eigenvalue weighted by atomic mass is 10.1. The molecule has 0 heterocycles. The first-order valence-corrected chi connectivity index (χ1v) is 12.0. The Balaban J connectivity index is 4.38. The monoisotopic (exact) mass is 442 g/mol. The molecule has 0 saturated carbocycles. The molecule has 7 heteroatoms. The highest BCUT2D eigenvalue weighted by Crippen LogP contribution is 2.16. The lowest BCUT2D eigenvalue weighted by Gasteiger charge is -2.34. The molecule has 0 aliphatic heterocycles. The molecule has 0 aliphatic rings. The highest BCUT2D eigenvalue weighted by atomic mass is 16.4. The van der Waals surface area contributed by atoms with Crippen LogP contribution in [0.4, 0.5) is 0 Å².